The van der Waals surface area contributed by atoms with E-state index >= 15 is 0 Å². The molecule has 0 bridgehead atoms. The van der Waals surface area contributed by atoms with Gasteiger partial charge >= 0.3 is 0 Å². The number of nitrogens with two attached hydrogens (primary N) is 2. The highest BCUT2D eigenvalue weighted by Gasteiger charge is 2.06. The van der Waals surface area contributed by atoms with Gasteiger partial charge in [0, 0.05) is 6.54 Å². The van der Waals surface area contributed by atoms with Crippen molar-refractivity contribution in [3.8, 4) is 5.88 Å². The van der Waals surface area contributed by atoms with Gasteiger partial charge in [-0.25, -0.2) is 13.6 Å². The predicted molar refractivity (Wildman–Crippen MR) is 80.1 cm³/mol. The van der Waals surface area contributed by atoms with Crippen LogP contribution in [0.1, 0.15) is 20.3 Å². The fourth-order valence-electron chi connectivity index (χ4n) is 1.40. The molecule has 1 aromatic heterocycles. The third kappa shape index (κ3) is 6.58. The van der Waals surface area contributed by atoms with Crippen LogP contribution in [0, 0.1) is 5.92 Å². The zero-order valence-corrected chi connectivity index (χ0v) is 12.6. The van der Waals surface area contributed by atoms with Crippen molar-refractivity contribution in [1.82, 2.24) is 4.98 Å². The topological polar surface area (TPSA) is 120 Å². The minimum absolute atomic E-state index is 0.0638. The van der Waals surface area contributed by atoms with Crippen LogP contribution in [0.25, 0.3) is 0 Å². The molecule has 1 heterocycles. The Morgan fingerprint density at radius 3 is 2.70 bits per heavy atom. The molecule has 0 spiro atoms. The summed E-state index contributed by atoms with van der Waals surface area (Å²) >= 11 is 0. The maximum Gasteiger partial charge on any atom is 0.239 e. The van der Waals surface area contributed by atoms with E-state index in [1.54, 1.807) is 12.1 Å². The summed E-state index contributed by atoms with van der Waals surface area (Å²) in [6, 6.07) is 3.42. The molecular weight excluding hydrogens is 280 g/mol. The van der Waals surface area contributed by atoms with Gasteiger partial charge < -0.3 is 15.8 Å². The normalized spacial score (nSPS) is 11.6. The Labute approximate surface area is 119 Å². The fourth-order valence-corrected chi connectivity index (χ4v) is 1.95. The molecule has 0 aliphatic heterocycles. The lowest BCUT2D eigenvalue weighted by Gasteiger charge is -2.12. The molecule has 0 radical (unpaired) electrons. The van der Waals surface area contributed by atoms with Crippen molar-refractivity contribution in [1.29, 1.82) is 0 Å². The number of nitrogens with one attached hydrogen (secondary N) is 1. The maximum absolute atomic E-state index is 10.8. The monoisotopic (exact) mass is 302 g/mol. The van der Waals surface area contributed by atoms with E-state index in [1.807, 2.05) is 13.8 Å². The standard InChI is InChI=1S/C12H22N4O3S/c1-9(2)8-19-12-10(13)4-5-11(16-12)15-6-3-7-20(14,17)18/h4-5,9H,3,6-8,13H2,1-2H3,(H,15,16)(H2,14,17,18). The van der Waals surface area contributed by atoms with E-state index in [-0.39, 0.29) is 5.75 Å². The predicted octanol–water partition coefficient (Wildman–Crippen LogP) is 0.789. The lowest BCUT2D eigenvalue weighted by Crippen LogP contribution is -2.19. The molecule has 0 aliphatic rings. The van der Waals surface area contributed by atoms with Gasteiger partial charge in [-0.2, -0.15) is 4.98 Å². The number of nitrogens with zero attached hydrogens (tertiary/aromatic N) is 1. The highest BCUT2D eigenvalue weighted by molar-refractivity contribution is 7.89. The quantitative estimate of drug-likeness (QED) is 0.610. The van der Waals surface area contributed by atoms with Crippen LogP contribution in [0.3, 0.4) is 0 Å². The minimum atomic E-state index is -3.42. The summed E-state index contributed by atoms with van der Waals surface area (Å²) in [4.78, 5) is 4.24. The number of hydrogen-bond donors (Lipinski definition) is 3. The summed E-state index contributed by atoms with van der Waals surface area (Å²) in [6.45, 7) is 5.06. The van der Waals surface area contributed by atoms with Gasteiger partial charge in [0.2, 0.25) is 15.9 Å². The first-order chi connectivity index (χ1) is 9.28. The van der Waals surface area contributed by atoms with Gasteiger partial charge in [0.25, 0.3) is 0 Å². The average Bonchev–Trinajstić information content (AvgIpc) is 2.33. The molecule has 8 heteroatoms. The van der Waals surface area contributed by atoms with E-state index in [0.29, 0.717) is 42.9 Å². The highest BCUT2D eigenvalue weighted by atomic mass is 32.2. The Kier molecular flexibility index (Phi) is 6.03. The number of anilines is 2. The van der Waals surface area contributed by atoms with E-state index < -0.39 is 10.0 Å². The summed E-state index contributed by atoms with van der Waals surface area (Å²) in [5.41, 5.74) is 6.25. The molecule has 0 amide bonds. The Morgan fingerprint density at radius 1 is 1.40 bits per heavy atom. The van der Waals surface area contributed by atoms with Gasteiger partial charge in [-0.15, -0.1) is 0 Å². The number of primary sulfonamides is 1. The van der Waals surface area contributed by atoms with Gasteiger partial charge in [0.05, 0.1) is 18.0 Å². The first-order valence-electron chi connectivity index (χ1n) is 6.41. The summed E-state index contributed by atoms with van der Waals surface area (Å²) in [6.07, 6.45) is 0.410. The number of rotatable bonds is 8. The molecule has 20 heavy (non-hydrogen) atoms. The number of pyridine rings is 1. The molecule has 1 rings (SSSR count). The summed E-state index contributed by atoms with van der Waals surface area (Å²) in [7, 11) is -3.42. The van der Waals surface area contributed by atoms with Crippen LogP contribution in [-0.4, -0.2) is 32.3 Å². The molecule has 1 aromatic rings. The lowest BCUT2D eigenvalue weighted by molar-refractivity contribution is 0.263. The Balaban J connectivity index is 2.52. The first-order valence-corrected chi connectivity index (χ1v) is 8.13. The summed E-state index contributed by atoms with van der Waals surface area (Å²) < 4.78 is 27.1. The zero-order chi connectivity index (χ0) is 15.2. The average molecular weight is 302 g/mol. The van der Waals surface area contributed by atoms with Crippen LogP contribution in [-0.2, 0) is 10.0 Å². The van der Waals surface area contributed by atoms with Crippen LogP contribution < -0.4 is 20.9 Å². The van der Waals surface area contributed by atoms with Crippen molar-refractivity contribution < 1.29 is 13.2 Å². The third-order valence-corrected chi connectivity index (χ3v) is 3.21. The fraction of sp³-hybridized carbons (Fsp3) is 0.583. The molecule has 0 saturated carbocycles. The van der Waals surface area contributed by atoms with E-state index in [4.69, 9.17) is 15.6 Å². The van der Waals surface area contributed by atoms with E-state index in [1.165, 1.54) is 0 Å². The van der Waals surface area contributed by atoms with Crippen LogP contribution in [0.2, 0.25) is 0 Å². The number of ether oxygens (including phenoxy) is 1. The second kappa shape index (κ2) is 7.30. The molecule has 0 aromatic carbocycles. The summed E-state index contributed by atoms with van der Waals surface area (Å²) in [5.74, 6) is 1.29. The maximum atomic E-state index is 10.8. The first kappa shape index (κ1) is 16.5. The Morgan fingerprint density at radius 2 is 2.10 bits per heavy atom. The van der Waals surface area contributed by atoms with Crippen molar-refractivity contribution in [3.63, 3.8) is 0 Å². The number of nitrogen functional groups attached to an aromatic ring is 1. The summed E-state index contributed by atoms with van der Waals surface area (Å²) in [5, 5.41) is 7.92. The van der Waals surface area contributed by atoms with Crippen molar-refractivity contribution in [2.45, 2.75) is 20.3 Å². The van der Waals surface area contributed by atoms with Crippen molar-refractivity contribution in [2.75, 3.05) is 30.0 Å². The second-order valence-electron chi connectivity index (χ2n) is 4.94. The van der Waals surface area contributed by atoms with Gasteiger partial charge in [0.1, 0.15) is 5.82 Å². The zero-order valence-electron chi connectivity index (χ0n) is 11.8. The van der Waals surface area contributed by atoms with Crippen LogP contribution in [0.4, 0.5) is 11.5 Å². The molecule has 5 N–H and O–H groups in total. The van der Waals surface area contributed by atoms with Crippen molar-refractivity contribution in [2.24, 2.45) is 11.1 Å². The number of sulfonamides is 1. The molecule has 0 fully saturated rings. The molecule has 7 nitrogen and oxygen atoms in total. The largest absolute Gasteiger partial charge is 0.476 e. The highest BCUT2D eigenvalue weighted by Crippen LogP contribution is 2.21. The number of aromatic nitrogens is 1. The SMILES string of the molecule is CC(C)COc1nc(NCCCS(N)(=O)=O)ccc1N. The van der Waals surface area contributed by atoms with Crippen molar-refractivity contribution in [3.05, 3.63) is 12.1 Å². The molecule has 0 atom stereocenters. The molecule has 114 valence electrons. The van der Waals surface area contributed by atoms with Gasteiger partial charge in [-0.3, -0.25) is 0 Å². The smallest absolute Gasteiger partial charge is 0.239 e. The molecule has 0 saturated heterocycles. The van der Waals surface area contributed by atoms with E-state index in [0.717, 1.165) is 0 Å². The Bertz CT molecular complexity index is 532. The molecule has 0 aliphatic carbocycles. The van der Waals surface area contributed by atoms with Gasteiger partial charge in [-0.1, -0.05) is 13.8 Å². The Hall–Kier alpha value is -1.54. The second-order valence-corrected chi connectivity index (χ2v) is 6.68. The van der Waals surface area contributed by atoms with E-state index in [2.05, 4.69) is 10.3 Å². The molecule has 0 unspecified atom stereocenters. The molecular formula is C12H22N4O3S. The number of hydrogen-bond acceptors (Lipinski definition) is 6. The van der Waals surface area contributed by atoms with Gasteiger partial charge in [-0.05, 0) is 24.5 Å². The van der Waals surface area contributed by atoms with E-state index in [9.17, 15) is 8.42 Å². The van der Waals surface area contributed by atoms with Crippen LogP contribution >= 0.6 is 0 Å². The minimum Gasteiger partial charge on any atom is -0.476 e. The third-order valence-electron chi connectivity index (χ3n) is 2.35. The van der Waals surface area contributed by atoms with Crippen LogP contribution in [0.15, 0.2) is 12.1 Å². The van der Waals surface area contributed by atoms with Crippen LogP contribution in [0.5, 0.6) is 5.88 Å². The lowest BCUT2D eigenvalue weighted by atomic mass is 10.2. The van der Waals surface area contributed by atoms with Gasteiger partial charge in [0.15, 0.2) is 0 Å². The van der Waals surface area contributed by atoms with Crippen molar-refractivity contribution >= 4 is 21.5 Å².